The molecule has 0 saturated carbocycles. The minimum absolute atomic E-state index is 0.455. The Kier molecular flexibility index (Phi) is 7.21. The van der Waals surface area contributed by atoms with Gasteiger partial charge in [0, 0.05) is 6.20 Å². The van der Waals surface area contributed by atoms with E-state index in [1.807, 2.05) is 64.1 Å². The zero-order valence-corrected chi connectivity index (χ0v) is 16.1. The van der Waals surface area contributed by atoms with Crippen molar-refractivity contribution in [2.45, 2.75) is 34.3 Å². The van der Waals surface area contributed by atoms with Crippen LogP contribution in [0.25, 0.3) is 0 Å². The van der Waals surface area contributed by atoms with Crippen LogP contribution >= 0.6 is 0 Å². The van der Waals surface area contributed by atoms with Crippen molar-refractivity contribution in [3.63, 3.8) is 0 Å². The number of oxime groups is 1. The van der Waals surface area contributed by atoms with Crippen LogP contribution in [0.5, 0.6) is 11.5 Å². The number of benzene rings is 1. The van der Waals surface area contributed by atoms with E-state index in [1.54, 1.807) is 6.20 Å². The Bertz CT molecular complexity index is 775. The lowest BCUT2D eigenvalue weighted by atomic mass is 10.1. The third-order valence-electron chi connectivity index (χ3n) is 3.82. The van der Waals surface area contributed by atoms with E-state index in [4.69, 9.17) is 14.3 Å². The van der Waals surface area contributed by atoms with Crippen LogP contribution in [-0.4, -0.2) is 24.4 Å². The summed E-state index contributed by atoms with van der Waals surface area (Å²) in [5.74, 6) is 1.73. The summed E-state index contributed by atoms with van der Waals surface area (Å²) in [7, 11) is 1.52. The quantitative estimate of drug-likeness (QED) is 0.395. The number of hydrogen-bond donors (Lipinski definition) is 0. The van der Waals surface area contributed by atoms with Crippen molar-refractivity contribution in [2.75, 3.05) is 13.7 Å². The molecule has 26 heavy (non-hydrogen) atoms. The van der Waals surface area contributed by atoms with Gasteiger partial charge in [-0.1, -0.05) is 17.3 Å². The Hall–Kier alpha value is -2.82. The zero-order valence-electron chi connectivity index (χ0n) is 16.1. The summed E-state index contributed by atoms with van der Waals surface area (Å²) < 4.78 is 11.8. The molecule has 0 aliphatic rings. The Morgan fingerprint density at radius 2 is 1.88 bits per heavy atom. The normalized spacial score (nSPS) is 11.7. The van der Waals surface area contributed by atoms with Gasteiger partial charge in [-0.3, -0.25) is 4.98 Å². The molecule has 0 aliphatic carbocycles. The highest BCUT2D eigenvalue weighted by Gasteiger charge is 2.09. The first-order valence-corrected chi connectivity index (χ1v) is 8.56. The summed E-state index contributed by atoms with van der Waals surface area (Å²) >= 11 is 0. The maximum Gasteiger partial charge on any atom is 0.125 e. The molecule has 0 unspecified atom stereocenters. The smallest absolute Gasteiger partial charge is 0.125 e. The Labute approximate surface area is 155 Å². The number of hydrogen-bond acceptors (Lipinski definition) is 5. The van der Waals surface area contributed by atoms with Crippen LogP contribution in [-0.2, 0) is 11.4 Å². The standard InChI is InChI=1S/C21H26N2O3/c1-6-7-10-25-19-11-15(2)21(16(3)12-19)26-14-18-8-9-22-20(13-18)17(4)23-24-5/h6-9,11-13H,10,14H2,1-5H3/b7-6+,23-17?. The maximum atomic E-state index is 6.06. The molecule has 0 N–H and O–H groups in total. The van der Waals surface area contributed by atoms with Gasteiger partial charge in [-0.15, -0.1) is 0 Å². The second kappa shape index (κ2) is 9.61. The van der Waals surface area contributed by atoms with Crippen molar-refractivity contribution in [3.05, 3.63) is 65.0 Å². The summed E-state index contributed by atoms with van der Waals surface area (Å²) in [5, 5.41) is 3.92. The number of ether oxygens (including phenoxy) is 2. The average Bonchev–Trinajstić information content (AvgIpc) is 2.62. The predicted octanol–water partition coefficient (Wildman–Crippen LogP) is 4.60. The van der Waals surface area contributed by atoms with Crippen molar-refractivity contribution < 1.29 is 14.3 Å². The maximum absolute atomic E-state index is 6.06. The van der Waals surface area contributed by atoms with Gasteiger partial charge in [0.05, 0.1) is 5.69 Å². The molecule has 1 aromatic heterocycles. The van der Waals surface area contributed by atoms with Gasteiger partial charge in [0.1, 0.15) is 37.5 Å². The van der Waals surface area contributed by atoms with Gasteiger partial charge in [-0.2, -0.15) is 0 Å². The molecule has 2 rings (SSSR count). The number of pyridine rings is 1. The third kappa shape index (κ3) is 5.34. The van der Waals surface area contributed by atoms with Crippen molar-refractivity contribution in [3.8, 4) is 11.5 Å². The number of rotatable bonds is 8. The van der Waals surface area contributed by atoms with Crippen molar-refractivity contribution >= 4 is 5.71 Å². The van der Waals surface area contributed by atoms with Gasteiger partial charge in [-0.25, -0.2) is 0 Å². The Morgan fingerprint density at radius 1 is 1.15 bits per heavy atom. The van der Waals surface area contributed by atoms with E-state index in [0.717, 1.165) is 39.6 Å². The van der Waals surface area contributed by atoms with Crippen LogP contribution in [0.15, 0.2) is 47.8 Å². The third-order valence-corrected chi connectivity index (χ3v) is 3.82. The van der Waals surface area contributed by atoms with Gasteiger partial charge in [-0.05, 0) is 68.7 Å². The van der Waals surface area contributed by atoms with Gasteiger partial charge in [0.15, 0.2) is 0 Å². The molecule has 0 radical (unpaired) electrons. The van der Waals surface area contributed by atoms with Crippen LogP contribution < -0.4 is 9.47 Å². The molecule has 1 aromatic carbocycles. The van der Waals surface area contributed by atoms with E-state index in [2.05, 4.69) is 10.1 Å². The van der Waals surface area contributed by atoms with Crippen LogP contribution in [0.3, 0.4) is 0 Å². The number of aromatic nitrogens is 1. The molecule has 0 spiro atoms. The first-order valence-electron chi connectivity index (χ1n) is 8.56. The SMILES string of the molecule is C/C=C/COc1cc(C)c(OCc2ccnc(C(C)=NOC)c2)c(C)c1. The molecule has 5 nitrogen and oxygen atoms in total. The molecule has 5 heteroatoms. The first-order chi connectivity index (χ1) is 12.5. The monoisotopic (exact) mass is 354 g/mol. The number of allylic oxidation sites excluding steroid dienone is 1. The van der Waals surface area contributed by atoms with Gasteiger partial charge >= 0.3 is 0 Å². The van der Waals surface area contributed by atoms with Crippen LogP contribution in [0.2, 0.25) is 0 Å². The molecule has 0 fully saturated rings. The van der Waals surface area contributed by atoms with E-state index < -0.39 is 0 Å². The summed E-state index contributed by atoms with van der Waals surface area (Å²) in [5.41, 5.74) is 4.62. The highest BCUT2D eigenvalue weighted by Crippen LogP contribution is 2.29. The lowest BCUT2D eigenvalue weighted by Gasteiger charge is -2.14. The van der Waals surface area contributed by atoms with Crippen LogP contribution in [0, 0.1) is 13.8 Å². The largest absolute Gasteiger partial charge is 0.490 e. The molecule has 0 atom stereocenters. The van der Waals surface area contributed by atoms with E-state index >= 15 is 0 Å². The Morgan fingerprint density at radius 3 is 2.54 bits per heavy atom. The molecule has 2 aromatic rings. The van der Waals surface area contributed by atoms with Crippen LogP contribution in [0.4, 0.5) is 0 Å². The molecule has 0 saturated heterocycles. The summed E-state index contributed by atoms with van der Waals surface area (Å²) in [6, 6.07) is 7.89. The molecular weight excluding hydrogens is 328 g/mol. The fourth-order valence-corrected chi connectivity index (χ4v) is 2.56. The van der Waals surface area contributed by atoms with Crippen molar-refractivity contribution in [1.82, 2.24) is 4.98 Å². The van der Waals surface area contributed by atoms with E-state index in [1.165, 1.54) is 7.11 Å². The molecular formula is C21H26N2O3. The lowest BCUT2D eigenvalue weighted by molar-refractivity contribution is 0.213. The summed E-state index contributed by atoms with van der Waals surface area (Å²) in [6.45, 7) is 8.91. The van der Waals surface area contributed by atoms with Crippen molar-refractivity contribution in [1.29, 1.82) is 0 Å². The molecule has 0 aliphatic heterocycles. The minimum atomic E-state index is 0.455. The predicted molar refractivity (Wildman–Crippen MR) is 104 cm³/mol. The van der Waals surface area contributed by atoms with Gasteiger partial charge in [0.2, 0.25) is 0 Å². The number of nitrogens with zero attached hydrogens (tertiary/aromatic N) is 2. The second-order valence-corrected chi connectivity index (χ2v) is 5.96. The fourth-order valence-electron chi connectivity index (χ4n) is 2.56. The van der Waals surface area contributed by atoms with E-state index in [0.29, 0.717) is 13.2 Å². The van der Waals surface area contributed by atoms with E-state index in [-0.39, 0.29) is 0 Å². The Balaban J connectivity index is 2.10. The lowest BCUT2D eigenvalue weighted by Crippen LogP contribution is -2.04. The average molecular weight is 354 g/mol. The molecule has 138 valence electrons. The first kappa shape index (κ1) is 19.5. The highest BCUT2D eigenvalue weighted by atomic mass is 16.6. The van der Waals surface area contributed by atoms with Gasteiger partial charge in [0.25, 0.3) is 0 Å². The van der Waals surface area contributed by atoms with Crippen molar-refractivity contribution in [2.24, 2.45) is 5.16 Å². The highest BCUT2D eigenvalue weighted by molar-refractivity contribution is 5.96. The zero-order chi connectivity index (χ0) is 18.9. The number of aryl methyl sites for hydroxylation is 2. The molecule has 0 amide bonds. The van der Waals surface area contributed by atoms with E-state index in [9.17, 15) is 0 Å². The van der Waals surface area contributed by atoms with Gasteiger partial charge < -0.3 is 14.3 Å². The molecule has 0 bridgehead atoms. The molecule has 1 heterocycles. The topological polar surface area (TPSA) is 52.9 Å². The fraction of sp³-hybridized carbons (Fsp3) is 0.333. The second-order valence-electron chi connectivity index (χ2n) is 5.96. The summed E-state index contributed by atoms with van der Waals surface area (Å²) in [4.78, 5) is 9.11. The van der Waals surface area contributed by atoms with Crippen LogP contribution in [0.1, 0.15) is 36.2 Å². The summed E-state index contributed by atoms with van der Waals surface area (Å²) in [6.07, 6.45) is 5.70. The minimum Gasteiger partial charge on any atom is -0.490 e.